The molecule has 2 rings (SSSR count). The molecule has 2 atom stereocenters. The summed E-state index contributed by atoms with van der Waals surface area (Å²) >= 11 is 0. The first-order chi connectivity index (χ1) is 11.9. The number of piperidine rings is 1. The van der Waals surface area contributed by atoms with Crippen LogP contribution in [0.3, 0.4) is 0 Å². The molecule has 0 radical (unpaired) electrons. The molecule has 0 aliphatic carbocycles. The van der Waals surface area contributed by atoms with Crippen molar-refractivity contribution in [2.75, 3.05) is 25.0 Å². The molecule has 1 fully saturated rings. The summed E-state index contributed by atoms with van der Waals surface area (Å²) in [5.74, 6) is 0.150. The van der Waals surface area contributed by atoms with Gasteiger partial charge in [0.1, 0.15) is 0 Å². The van der Waals surface area contributed by atoms with Gasteiger partial charge in [-0.25, -0.2) is 0 Å². The summed E-state index contributed by atoms with van der Waals surface area (Å²) in [6, 6.07) is 7.70. The van der Waals surface area contributed by atoms with E-state index in [4.69, 9.17) is 4.74 Å². The van der Waals surface area contributed by atoms with E-state index in [9.17, 15) is 9.59 Å². The average molecular weight is 346 g/mol. The number of benzene rings is 1. The predicted octanol–water partition coefficient (Wildman–Crippen LogP) is 3.41. The minimum Gasteiger partial charge on any atom is -0.466 e. The Morgan fingerprint density at radius 1 is 1.24 bits per heavy atom. The van der Waals surface area contributed by atoms with E-state index in [1.54, 1.807) is 0 Å². The highest BCUT2D eigenvalue weighted by atomic mass is 16.5. The van der Waals surface area contributed by atoms with Gasteiger partial charge in [-0.05, 0) is 56.8 Å². The van der Waals surface area contributed by atoms with E-state index in [2.05, 4.69) is 24.1 Å². The van der Waals surface area contributed by atoms with E-state index >= 15 is 0 Å². The number of amides is 1. The van der Waals surface area contributed by atoms with Crippen molar-refractivity contribution in [2.24, 2.45) is 5.92 Å². The van der Waals surface area contributed by atoms with Crippen LogP contribution < -0.4 is 5.32 Å². The van der Waals surface area contributed by atoms with Crippen molar-refractivity contribution in [3.8, 4) is 0 Å². The third-order valence-electron chi connectivity index (χ3n) is 4.84. The number of hydrogen-bond acceptors (Lipinski definition) is 4. The maximum atomic E-state index is 12.6. The molecule has 1 saturated heterocycles. The van der Waals surface area contributed by atoms with Crippen molar-refractivity contribution in [1.82, 2.24) is 4.90 Å². The lowest BCUT2D eigenvalue weighted by Gasteiger charge is -2.35. The van der Waals surface area contributed by atoms with Gasteiger partial charge in [0.05, 0.1) is 18.6 Å². The molecule has 5 nitrogen and oxygen atoms in total. The summed E-state index contributed by atoms with van der Waals surface area (Å²) in [6.45, 7) is 9.82. The number of nitrogens with one attached hydrogen (secondary N) is 1. The SMILES string of the molecule is CCOC(=O)[C@H]1CCCN([C@@H](C)C(=O)Nc2ccc(C(C)C)cc2)C1. The molecule has 25 heavy (non-hydrogen) atoms. The van der Waals surface area contributed by atoms with Crippen LogP contribution in [0, 0.1) is 5.92 Å². The Kier molecular flexibility index (Phi) is 7.00. The number of likely N-dealkylation sites (tertiary alicyclic amines) is 1. The molecule has 5 heteroatoms. The Bertz CT molecular complexity index is 583. The van der Waals surface area contributed by atoms with E-state index in [0.717, 1.165) is 25.1 Å². The van der Waals surface area contributed by atoms with Crippen molar-refractivity contribution in [2.45, 2.75) is 52.5 Å². The first-order valence-electron chi connectivity index (χ1n) is 9.23. The van der Waals surface area contributed by atoms with E-state index in [-0.39, 0.29) is 23.8 Å². The van der Waals surface area contributed by atoms with Gasteiger partial charge in [-0.3, -0.25) is 14.5 Å². The van der Waals surface area contributed by atoms with Gasteiger partial charge in [-0.15, -0.1) is 0 Å². The van der Waals surface area contributed by atoms with Crippen molar-refractivity contribution < 1.29 is 14.3 Å². The summed E-state index contributed by atoms with van der Waals surface area (Å²) in [6.07, 6.45) is 1.74. The Balaban J connectivity index is 1.93. The number of hydrogen-bond donors (Lipinski definition) is 1. The van der Waals surface area contributed by atoms with Crippen molar-refractivity contribution in [3.05, 3.63) is 29.8 Å². The second-order valence-corrected chi connectivity index (χ2v) is 7.03. The highest BCUT2D eigenvalue weighted by molar-refractivity contribution is 5.94. The monoisotopic (exact) mass is 346 g/mol. The van der Waals surface area contributed by atoms with Gasteiger partial charge in [0.15, 0.2) is 0 Å². The fourth-order valence-corrected chi connectivity index (χ4v) is 3.17. The van der Waals surface area contributed by atoms with Gasteiger partial charge in [-0.2, -0.15) is 0 Å². The standard InChI is InChI=1S/C20H30N2O3/c1-5-25-20(24)17-7-6-12-22(13-17)15(4)19(23)21-18-10-8-16(9-11-18)14(2)3/h8-11,14-15,17H,5-7,12-13H2,1-4H3,(H,21,23)/t15-,17-/m0/s1. The van der Waals surface area contributed by atoms with Gasteiger partial charge in [0.25, 0.3) is 0 Å². The molecule has 0 aromatic heterocycles. The van der Waals surface area contributed by atoms with Crippen LogP contribution in [0.2, 0.25) is 0 Å². The third-order valence-corrected chi connectivity index (χ3v) is 4.84. The first kappa shape index (κ1) is 19.4. The summed E-state index contributed by atoms with van der Waals surface area (Å²) < 4.78 is 5.13. The molecule has 1 heterocycles. The van der Waals surface area contributed by atoms with E-state index < -0.39 is 0 Å². The molecule has 1 N–H and O–H groups in total. The van der Waals surface area contributed by atoms with E-state index in [1.165, 1.54) is 5.56 Å². The maximum Gasteiger partial charge on any atom is 0.310 e. The second-order valence-electron chi connectivity index (χ2n) is 7.03. The fraction of sp³-hybridized carbons (Fsp3) is 0.600. The molecule has 0 unspecified atom stereocenters. The number of nitrogens with zero attached hydrogens (tertiary/aromatic N) is 1. The van der Waals surface area contributed by atoms with Crippen LogP contribution in [-0.2, 0) is 14.3 Å². The minimum atomic E-state index is -0.276. The number of carbonyl (C=O) groups is 2. The zero-order valence-electron chi connectivity index (χ0n) is 15.7. The Morgan fingerprint density at radius 3 is 2.52 bits per heavy atom. The van der Waals surface area contributed by atoms with Gasteiger partial charge in [0.2, 0.25) is 5.91 Å². The van der Waals surface area contributed by atoms with Crippen molar-refractivity contribution in [3.63, 3.8) is 0 Å². The summed E-state index contributed by atoms with van der Waals surface area (Å²) in [4.78, 5) is 26.6. The number of carbonyl (C=O) groups excluding carboxylic acids is 2. The minimum absolute atomic E-state index is 0.0400. The summed E-state index contributed by atoms with van der Waals surface area (Å²) in [7, 11) is 0. The lowest BCUT2D eigenvalue weighted by Crippen LogP contribution is -2.48. The second kappa shape index (κ2) is 8.99. The molecule has 0 saturated carbocycles. The first-order valence-corrected chi connectivity index (χ1v) is 9.23. The zero-order valence-corrected chi connectivity index (χ0v) is 15.7. The molecule has 138 valence electrons. The third kappa shape index (κ3) is 5.30. The number of anilines is 1. The van der Waals surface area contributed by atoms with E-state index in [0.29, 0.717) is 19.1 Å². The van der Waals surface area contributed by atoms with Gasteiger partial charge < -0.3 is 10.1 Å². The highest BCUT2D eigenvalue weighted by Crippen LogP contribution is 2.21. The van der Waals surface area contributed by atoms with Crippen LogP contribution >= 0.6 is 0 Å². The van der Waals surface area contributed by atoms with Crippen LogP contribution in [0.4, 0.5) is 5.69 Å². The summed E-state index contributed by atoms with van der Waals surface area (Å²) in [5, 5.41) is 2.98. The summed E-state index contributed by atoms with van der Waals surface area (Å²) in [5.41, 5.74) is 2.06. The molecule has 1 aromatic rings. The molecular weight excluding hydrogens is 316 g/mol. The van der Waals surface area contributed by atoms with Crippen LogP contribution in [0.1, 0.15) is 52.0 Å². The van der Waals surface area contributed by atoms with E-state index in [1.807, 2.05) is 38.1 Å². The largest absolute Gasteiger partial charge is 0.466 e. The van der Waals surface area contributed by atoms with Crippen molar-refractivity contribution in [1.29, 1.82) is 0 Å². The normalized spacial score (nSPS) is 19.5. The topological polar surface area (TPSA) is 58.6 Å². The van der Waals surface area contributed by atoms with Crippen LogP contribution in [0.5, 0.6) is 0 Å². The van der Waals surface area contributed by atoms with Crippen molar-refractivity contribution >= 4 is 17.6 Å². The Morgan fingerprint density at radius 2 is 1.92 bits per heavy atom. The lowest BCUT2D eigenvalue weighted by atomic mass is 9.97. The number of rotatable bonds is 6. The van der Waals surface area contributed by atoms with Gasteiger partial charge in [-0.1, -0.05) is 26.0 Å². The molecule has 1 aliphatic rings. The quantitative estimate of drug-likeness (QED) is 0.802. The predicted molar refractivity (Wildman–Crippen MR) is 99.6 cm³/mol. The molecule has 1 aromatic carbocycles. The fourth-order valence-electron chi connectivity index (χ4n) is 3.17. The Hall–Kier alpha value is -1.88. The molecule has 0 bridgehead atoms. The smallest absolute Gasteiger partial charge is 0.310 e. The zero-order chi connectivity index (χ0) is 18.4. The molecular formula is C20H30N2O3. The molecule has 0 spiro atoms. The Labute approximate surface area is 150 Å². The number of ether oxygens (including phenoxy) is 1. The molecule has 1 aliphatic heterocycles. The highest BCUT2D eigenvalue weighted by Gasteiger charge is 2.31. The van der Waals surface area contributed by atoms with Crippen LogP contribution in [0.15, 0.2) is 24.3 Å². The maximum absolute atomic E-state index is 12.6. The van der Waals surface area contributed by atoms with Gasteiger partial charge in [0, 0.05) is 12.2 Å². The average Bonchev–Trinajstić information content (AvgIpc) is 2.61. The van der Waals surface area contributed by atoms with Crippen LogP contribution in [-0.4, -0.2) is 42.5 Å². The molecule has 1 amide bonds. The number of esters is 1. The van der Waals surface area contributed by atoms with Gasteiger partial charge >= 0.3 is 5.97 Å². The van der Waals surface area contributed by atoms with Crippen LogP contribution in [0.25, 0.3) is 0 Å². The lowest BCUT2D eigenvalue weighted by molar-refractivity contribution is -0.150.